The molecule has 1 saturated carbocycles. The summed E-state index contributed by atoms with van der Waals surface area (Å²) in [6.45, 7) is 5.60. The minimum absolute atomic E-state index is 0.0705. The molecule has 5 rings (SSSR count). The van der Waals surface area contributed by atoms with E-state index in [1.807, 2.05) is 80.1 Å². The van der Waals surface area contributed by atoms with E-state index in [0.29, 0.717) is 11.5 Å². The number of nitrogen functional groups attached to an aromatic ring is 1. The summed E-state index contributed by atoms with van der Waals surface area (Å²) in [5.74, 6) is 1.88. The first-order valence-corrected chi connectivity index (χ1v) is 12.0. The van der Waals surface area contributed by atoms with E-state index in [0.717, 1.165) is 41.0 Å². The van der Waals surface area contributed by atoms with Gasteiger partial charge in [-0.1, -0.05) is 18.2 Å². The average Bonchev–Trinajstić information content (AvgIpc) is 3.19. The molecule has 0 spiro atoms. The number of amides is 1. The molecule has 0 aliphatic heterocycles. The van der Waals surface area contributed by atoms with Crippen molar-refractivity contribution in [3.63, 3.8) is 0 Å². The summed E-state index contributed by atoms with van der Waals surface area (Å²) in [4.78, 5) is 22.8. The highest BCUT2D eigenvalue weighted by Gasteiger charge is 2.38. The van der Waals surface area contributed by atoms with Crippen molar-refractivity contribution in [2.45, 2.75) is 51.3 Å². The lowest BCUT2D eigenvalue weighted by Crippen LogP contribution is -2.48. The number of ether oxygens (including phenoxy) is 2. The second-order valence-corrected chi connectivity index (χ2v) is 10.1. The fraction of sp³-hybridized carbons (Fsp3) is 0.333. The first kappa shape index (κ1) is 23.6. The van der Waals surface area contributed by atoms with Crippen molar-refractivity contribution in [3.05, 3.63) is 60.9 Å². The number of hydrogen-bond donors (Lipinski definition) is 1. The number of fused-ring (bicyclic) bond motifs is 1. The second-order valence-electron chi connectivity index (χ2n) is 10.1. The van der Waals surface area contributed by atoms with Crippen LogP contribution in [0, 0.1) is 0 Å². The number of rotatable bonds is 5. The van der Waals surface area contributed by atoms with E-state index in [4.69, 9.17) is 20.3 Å². The summed E-state index contributed by atoms with van der Waals surface area (Å²) in [5.41, 5.74) is 8.04. The maximum Gasteiger partial charge on any atom is 0.410 e. The smallest absolute Gasteiger partial charge is 0.410 e. The Balaban J connectivity index is 1.38. The van der Waals surface area contributed by atoms with Crippen molar-refractivity contribution in [3.8, 4) is 22.8 Å². The van der Waals surface area contributed by atoms with Crippen molar-refractivity contribution in [2.75, 3.05) is 12.8 Å². The van der Waals surface area contributed by atoms with Gasteiger partial charge in [-0.15, -0.1) is 0 Å². The van der Waals surface area contributed by atoms with E-state index in [2.05, 4.69) is 9.97 Å². The average molecular weight is 487 g/mol. The van der Waals surface area contributed by atoms with Crippen LogP contribution >= 0.6 is 0 Å². The van der Waals surface area contributed by atoms with Crippen molar-refractivity contribution in [2.24, 2.45) is 0 Å². The Morgan fingerprint density at radius 1 is 1.03 bits per heavy atom. The molecule has 2 N–H and O–H groups in total. The molecule has 0 bridgehead atoms. The lowest BCUT2D eigenvalue weighted by Gasteiger charge is -2.41. The Morgan fingerprint density at radius 2 is 1.69 bits per heavy atom. The molecule has 36 heavy (non-hydrogen) atoms. The highest BCUT2D eigenvalue weighted by Crippen LogP contribution is 2.40. The van der Waals surface area contributed by atoms with E-state index in [9.17, 15) is 4.79 Å². The molecule has 0 saturated heterocycles. The highest BCUT2D eigenvalue weighted by molar-refractivity contribution is 5.98. The van der Waals surface area contributed by atoms with E-state index in [-0.39, 0.29) is 18.2 Å². The third-order valence-corrected chi connectivity index (χ3v) is 6.29. The van der Waals surface area contributed by atoms with Crippen molar-refractivity contribution in [1.82, 2.24) is 24.6 Å². The Labute approximate surface area is 209 Å². The van der Waals surface area contributed by atoms with E-state index < -0.39 is 5.60 Å². The molecule has 4 aromatic rings. The number of anilines is 1. The zero-order chi connectivity index (χ0) is 25.4. The Hall–Kier alpha value is -4.14. The van der Waals surface area contributed by atoms with Gasteiger partial charge in [-0.3, -0.25) is 0 Å². The van der Waals surface area contributed by atoms with Gasteiger partial charge in [-0.2, -0.15) is 5.10 Å². The molecule has 1 amide bonds. The largest absolute Gasteiger partial charge is 0.457 e. The van der Waals surface area contributed by atoms with Crippen LogP contribution in [0.25, 0.3) is 22.3 Å². The quantitative estimate of drug-likeness (QED) is 0.400. The van der Waals surface area contributed by atoms with Gasteiger partial charge in [0.25, 0.3) is 0 Å². The molecule has 186 valence electrons. The molecule has 9 nitrogen and oxygen atoms in total. The Kier molecular flexibility index (Phi) is 5.99. The van der Waals surface area contributed by atoms with Crippen LogP contribution in [0.3, 0.4) is 0 Å². The molecular formula is C27H30N6O3. The van der Waals surface area contributed by atoms with Crippen LogP contribution in [-0.2, 0) is 4.74 Å². The molecule has 9 heteroatoms. The molecule has 0 radical (unpaired) electrons. The number of carbonyl (C=O) groups is 1. The number of para-hydroxylation sites is 1. The highest BCUT2D eigenvalue weighted by atomic mass is 16.6. The van der Waals surface area contributed by atoms with Crippen molar-refractivity contribution < 1.29 is 14.3 Å². The van der Waals surface area contributed by atoms with Crippen LogP contribution < -0.4 is 10.5 Å². The molecule has 1 aliphatic rings. The van der Waals surface area contributed by atoms with Gasteiger partial charge in [-0.05, 0) is 70.0 Å². The lowest BCUT2D eigenvalue weighted by atomic mass is 9.86. The maximum absolute atomic E-state index is 12.5. The zero-order valence-corrected chi connectivity index (χ0v) is 20.9. The lowest BCUT2D eigenvalue weighted by molar-refractivity contribution is 0.00721. The SMILES string of the molecule is CN(C(=O)OC(C)(C)C)C1CC(n2nc(-c3ccc(Oc4ccccc4)cc3)c3c(N)ncnc32)C1. The fourth-order valence-electron chi connectivity index (χ4n) is 4.32. The molecule has 1 aliphatic carbocycles. The van der Waals surface area contributed by atoms with Crippen LogP contribution in [0.5, 0.6) is 11.5 Å². The van der Waals surface area contributed by atoms with Crippen LogP contribution in [0.1, 0.15) is 39.7 Å². The normalized spacial score (nSPS) is 17.4. The number of carbonyl (C=O) groups excluding carboxylic acids is 1. The summed E-state index contributed by atoms with van der Waals surface area (Å²) in [5, 5.41) is 5.63. The molecule has 0 unspecified atom stereocenters. The van der Waals surface area contributed by atoms with Gasteiger partial charge >= 0.3 is 6.09 Å². The number of hydrogen-bond acceptors (Lipinski definition) is 7. The predicted octanol–water partition coefficient (Wildman–Crippen LogP) is 5.44. The minimum Gasteiger partial charge on any atom is -0.457 e. The van der Waals surface area contributed by atoms with Gasteiger partial charge in [-0.25, -0.2) is 19.4 Å². The van der Waals surface area contributed by atoms with Crippen LogP contribution in [0.4, 0.5) is 10.6 Å². The van der Waals surface area contributed by atoms with E-state index >= 15 is 0 Å². The third-order valence-electron chi connectivity index (χ3n) is 6.29. The fourth-order valence-corrected chi connectivity index (χ4v) is 4.32. The summed E-state index contributed by atoms with van der Waals surface area (Å²) < 4.78 is 13.3. The number of benzene rings is 2. The van der Waals surface area contributed by atoms with Gasteiger partial charge in [0.1, 0.15) is 34.9 Å². The maximum atomic E-state index is 12.5. The molecule has 2 aromatic carbocycles. The van der Waals surface area contributed by atoms with Gasteiger partial charge in [0.2, 0.25) is 0 Å². The summed E-state index contributed by atoms with van der Waals surface area (Å²) in [6, 6.07) is 17.5. The van der Waals surface area contributed by atoms with Gasteiger partial charge < -0.3 is 20.1 Å². The van der Waals surface area contributed by atoms with E-state index in [1.165, 1.54) is 6.33 Å². The number of aromatic nitrogens is 4. The van der Waals surface area contributed by atoms with Crippen LogP contribution in [0.15, 0.2) is 60.9 Å². The van der Waals surface area contributed by atoms with Gasteiger partial charge in [0.15, 0.2) is 5.65 Å². The Bertz CT molecular complexity index is 1370. The minimum atomic E-state index is -0.530. The molecule has 2 aromatic heterocycles. The van der Waals surface area contributed by atoms with Gasteiger partial charge in [0.05, 0.1) is 11.4 Å². The molecule has 2 heterocycles. The summed E-state index contributed by atoms with van der Waals surface area (Å²) in [7, 11) is 1.78. The predicted molar refractivity (Wildman–Crippen MR) is 138 cm³/mol. The standard InChI is InChI=1S/C27H30N6O3/c1-27(2,3)36-26(34)32(4)18-14-19(15-18)33-25-22(24(28)29-16-30-25)23(31-33)17-10-12-21(13-11-17)35-20-8-6-5-7-9-20/h5-13,16,18-19H,14-15H2,1-4H3,(H2,28,29,30). The first-order chi connectivity index (χ1) is 17.2. The molecule has 1 fully saturated rings. The van der Waals surface area contributed by atoms with E-state index in [1.54, 1.807) is 11.9 Å². The monoisotopic (exact) mass is 486 g/mol. The van der Waals surface area contributed by atoms with Gasteiger partial charge in [0, 0.05) is 18.7 Å². The van der Waals surface area contributed by atoms with Crippen LogP contribution in [-0.4, -0.2) is 49.4 Å². The number of nitrogens with zero attached hydrogens (tertiary/aromatic N) is 5. The second kappa shape index (κ2) is 9.14. The Morgan fingerprint density at radius 3 is 2.36 bits per heavy atom. The van der Waals surface area contributed by atoms with Crippen molar-refractivity contribution >= 4 is 22.9 Å². The van der Waals surface area contributed by atoms with Crippen molar-refractivity contribution in [1.29, 1.82) is 0 Å². The molecular weight excluding hydrogens is 456 g/mol. The zero-order valence-electron chi connectivity index (χ0n) is 20.9. The first-order valence-electron chi connectivity index (χ1n) is 12.0. The molecule has 0 atom stereocenters. The number of nitrogens with two attached hydrogens (primary N) is 1. The van der Waals surface area contributed by atoms with Crippen LogP contribution in [0.2, 0.25) is 0 Å². The topological polar surface area (TPSA) is 108 Å². The summed E-state index contributed by atoms with van der Waals surface area (Å²) >= 11 is 0. The third kappa shape index (κ3) is 4.68. The summed E-state index contributed by atoms with van der Waals surface area (Å²) in [6.07, 6.45) is 2.64.